The normalized spacial score (nSPS) is 12.0. The minimum atomic E-state index is -1.23. The molecule has 2 nitrogen and oxygen atoms in total. The summed E-state index contributed by atoms with van der Waals surface area (Å²) in [5.74, 6) is -0.662. The molecule has 0 spiro atoms. The summed E-state index contributed by atoms with van der Waals surface area (Å²) in [5.41, 5.74) is 6.21. The van der Waals surface area contributed by atoms with Gasteiger partial charge >= 0.3 is 0 Å². The van der Waals surface area contributed by atoms with Gasteiger partial charge in [0.25, 0.3) is 0 Å². The summed E-state index contributed by atoms with van der Waals surface area (Å²) in [5, 5.41) is 6.36. The van der Waals surface area contributed by atoms with Gasteiger partial charge in [0.1, 0.15) is 0 Å². The smallest absolute Gasteiger partial charge is 0.0795 e. The molecule has 3 heterocycles. The van der Waals surface area contributed by atoms with Crippen molar-refractivity contribution in [3.63, 3.8) is 0 Å². The van der Waals surface area contributed by atoms with Gasteiger partial charge in [0.15, 0.2) is 0 Å². The van der Waals surface area contributed by atoms with Gasteiger partial charge in [-0.1, -0.05) is 104 Å². The largest absolute Gasteiger partial charge is 0.305 e. The summed E-state index contributed by atoms with van der Waals surface area (Å²) in [6.45, 7) is 13.0. The summed E-state index contributed by atoms with van der Waals surface area (Å²) in [6, 6.07) is 38.1. The maximum atomic E-state index is 8.41. The molecular formula is C39H36IrN2SSi-2. The molecule has 5 heteroatoms. The SMILES string of the molecule is C[Si](C)(C)c1ccc(-c2[c-]cccc2)nc1.[2H]C(C)(C)c1ccnc(-c2[c-]c3cccc(C)c3c3c2sc2ccccc23)c1.[Ir]. The van der Waals surface area contributed by atoms with E-state index in [1.165, 1.54) is 36.3 Å². The van der Waals surface area contributed by atoms with Crippen LogP contribution in [-0.2, 0) is 20.1 Å². The van der Waals surface area contributed by atoms with Crippen LogP contribution in [0.1, 0.15) is 32.2 Å². The Morgan fingerprint density at radius 1 is 0.841 bits per heavy atom. The molecule has 223 valence electrons. The van der Waals surface area contributed by atoms with E-state index in [-0.39, 0.29) is 20.1 Å². The van der Waals surface area contributed by atoms with Crippen molar-refractivity contribution in [1.82, 2.24) is 9.97 Å². The number of benzene rings is 4. The Kier molecular flexibility index (Phi) is 9.20. The average Bonchev–Trinajstić information content (AvgIpc) is 3.40. The zero-order chi connectivity index (χ0) is 31.1. The van der Waals surface area contributed by atoms with Crippen LogP contribution in [0.25, 0.3) is 53.5 Å². The number of rotatable bonds is 4. The van der Waals surface area contributed by atoms with Gasteiger partial charge in [0.2, 0.25) is 0 Å². The van der Waals surface area contributed by atoms with Crippen LogP contribution >= 0.6 is 11.3 Å². The van der Waals surface area contributed by atoms with E-state index in [0.717, 1.165) is 33.5 Å². The summed E-state index contributed by atoms with van der Waals surface area (Å²) in [7, 11) is -1.23. The Balaban J connectivity index is 0.000000202. The van der Waals surface area contributed by atoms with Crippen LogP contribution in [0.2, 0.25) is 19.6 Å². The van der Waals surface area contributed by atoms with Crippen molar-refractivity contribution in [2.75, 3.05) is 0 Å². The molecule has 0 aliphatic heterocycles. The van der Waals surface area contributed by atoms with Crippen LogP contribution in [-0.4, -0.2) is 18.0 Å². The molecule has 0 saturated carbocycles. The van der Waals surface area contributed by atoms with Crippen molar-refractivity contribution < 1.29 is 21.5 Å². The van der Waals surface area contributed by atoms with Crippen molar-refractivity contribution in [2.24, 2.45) is 0 Å². The first-order valence-corrected chi connectivity index (χ1v) is 19.0. The maximum absolute atomic E-state index is 8.41. The van der Waals surface area contributed by atoms with Crippen molar-refractivity contribution in [3.8, 4) is 22.5 Å². The van der Waals surface area contributed by atoms with Crippen molar-refractivity contribution in [3.05, 3.63) is 127 Å². The first-order valence-electron chi connectivity index (χ1n) is 15.2. The number of fused-ring (bicyclic) bond motifs is 5. The van der Waals surface area contributed by atoms with E-state index in [9.17, 15) is 0 Å². The molecule has 0 bridgehead atoms. The van der Waals surface area contributed by atoms with Crippen LogP contribution in [0.5, 0.6) is 0 Å². The monoisotopic (exact) mass is 786 g/mol. The summed E-state index contributed by atoms with van der Waals surface area (Å²) >= 11 is 1.80. The van der Waals surface area contributed by atoms with E-state index in [2.05, 4.69) is 103 Å². The van der Waals surface area contributed by atoms with E-state index in [4.69, 9.17) is 1.37 Å². The quantitative estimate of drug-likeness (QED) is 0.131. The molecule has 4 aromatic carbocycles. The van der Waals surface area contributed by atoms with Crippen molar-refractivity contribution in [1.29, 1.82) is 0 Å². The molecule has 1 radical (unpaired) electrons. The van der Waals surface area contributed by atoms with Gasteiger partial charge in [0.05, 0.1) is 8.07 Å². The molecule has 0 N–H and O–H groups in total. The maximum Gasteiger partial charge on any atom is 0.0795 e. The van der Waals surface area contributed by atoms with E-state index in [0.29, 0.717) is 0 Å². The third-order valence-electron chi connectivity index (χ3n) is 7.81. The minimum absolute atomic E-state index is 0. The molecule has 44 heavy (non-hydrogen) atoms. The zero-order valence-electron chi connectivity index (χ0n) is 27.0. The van der Waals surface area contributed by atoms with Gasteiger partial charge in [-0.25, -0.2) is 0 Å². The summed E-state index contributed by atoms with van der Waals surface area (Å²) < 4.78 is 10.9. The Morgan fingerprint density at radius 2 is 1.64 bits per heavy atom. The van der Waals surface area contributed by atoms with Crippen molar-refractivity contribution >= 4 is 55.5 Å². The number of thiophene rings is 1. The number of hydrogen-bond acceptors (Lipinski definition) is 3. The molecule has 0 amide bonds. The van der Waals surface area contributed by atoms with Crippen molar-refractivity contribution in [2.45, 2.75) is 46.3 Å². The Labute approximate surface area is 281 Å². The fourth-order valence-corrected chi connectivity index (χ4v) is 7.63. The molecule has 0 unspecified atom stereocenters. The number of aromatic nitrogens is 2. The van der Waals surface area contributed by atoms with Crippen LogP contribution in [0.3, 0.4) is 0 Å². The summed E-state index contributed by atoms with van der Waals surface area (Å²) in [6.07, 6.45) is 3.83. The Bertz CT molecular complexity index is 2090. The van der Waals surface area contributed by atoms with E-state index < -0.39 is 14.0 Å². The van der Waals surface area contributed by atoms with Crippen LogP contribution in [0.4, 0.5) is 0 Å². The Hall–Kier alpha value is -3.47. The average molecular weight is 786 g/mol. The van der Waals surface area contributed by atoms with E-state index in [1.807, 2.05) is 62.6 Å². The molecule has 0 fully saturated rings. The standard InChI is InChI=1S/C25H20NS.C14H16NSi.Ir/c1-15(2)17-11-12-26-21(14-17)20-13-18-8-6-7-16(3)23(18)24-19-9-4-5-10-22(19)27-25(20)24;1-16(2,3)13-9-10-14(15-11-13)12-7-5-4-6-8-12;/h4-12,14-15H,1-3H3;4-7,9-11H,1-3H3;/q2*-1;/i15D;;. The number of aryl methyl sites for hydroxylation is 1. The zero-order valence-corrected chi connectivity index (χ0v) is 30.2. The third kappa shape index (κ3) is 6.48. The predicted octanol–water partition coefficient (Wildman–Crippen LogP) is 10.6. The first-order chi connectivity index (χ1) is 21.0. The second-order valence-corrected chi connectivity index (χ2v) is 18.3. The van der Waals surface area contributed by atoms with Crippen LogP contribution in [0.15, 0.2) is 103 Å². The molecule has 0 atom stereocenters. The third-order valence-corrected chi connectivity index (χ3v) is 11.0. The summed E-state index contributed by atoms with van der Waals surface area (Å²) in [4.78, 5) is 9.18. The second kappa shape index (κ2) is 13.3. The molecule has 0 aliphatic rings. The molecule has 7 rings (SSSR count). The van der Waals surface area contributed by atoms with Gasteiger partial charge in [-0.3, -0.25) is 4.98 Å². The predicted molar refractivity (Wildman–Crippen MR) is 189 cm³/mol. The second-order valence-electron chi connectivity index (χ2n) is 12.2. The van der Waals surface area contributed by atoms with Gasteiger partial charge in [-0.05, 0) is 51.5 Å². The van der Waals surface area contributed by atoms with Gasteiger partial charge in [-0.2, -0.15) is 11.3 Å². The van der Waals surface area contributed by atoms with Gasteiger partial charge in [-0.15, -0.1) is 53.4 Å². The molecule has 7 aromatic rings. The number of pyridine rings is 2. The molecule has 0 aliphatic carbocycles. The van der Waals surface area contributed by atoms with E-state index >= 15 is 0 Å². The Morgan fingerprint density at radius 3 is 2.34 bits per heavy atom. The fourth-order valence-electron chi connectivity index (χ4n) is 5.37. The first kappa shape index (κ1) is 30.5. The van der Waals surface area contributed by atoms with Crippen LogP contribution < -0.4 is 5.19 Å². The van der Waals surface area contributed by atoms with Crippen LogP contribution in [0, 0.1) is 19.1 Å². The number of hydrogen-bond donors (Lipinski definition) is 0. The van der Waals surface area contributed by atoms with Gasteiger partial charge in [0, 0.05) is 44.3 Å². The fraction of sp³-hybridized carbons (Fsp3) is 0.179. The van der Waals surface area contributed by atoms with E-state index in [1.54, 1.807) is 11.3 Å². The minimum Gasteiger partial charge on any atom is -0.305 e. The van der Waals surface area contributed by atoms with Gasteiger partial charge < -0.3 is 4.98 Å². The molecule has 3 aromatic heterocycles. The number of nitrogens with zero attached hydrogens (tertiary/aromatic N) is 2. The molecule has 0 saturated heterocycles. The molecular weight excluding hydrogens is 749 g/mol. The topological polar surface area (TPSA) is 25.8 Å².